The molecule has 1 fully saturated rings. The molecule has 4 rings (SSSR count). The minimum atomic E-state index is -1.11. The number of hydrogen-bond acceptors (Lipinski definition) is 8. The first-order chi connectivity index (χ1) is 16.7. The Hall–Kier alpha value is -5.06. The van der Waals surface area contributed by atoms with E-state index in [1.165, 1.54) is 48.4 Å². The Balaban J connectivity index is 1.89. The van der Waals surface area contributed by atoms with Gasteiger partial charge in [0.2, 0.25) is 0 Å². The molecule has 0 bridgehead atoms. The quantitative estimate of drug-likeness (QED) is 0.183. The van der Waals surface area contributed by atoms with Crippen molar-refractivity contribution in [3.63, 3.8) is 0 Å². The molecule has 1 N–H and O–H groups in total. The fraction of sp³-hybridized carbons (Fsp3) is 0.0833. The Morgan fingerprint density at radius 1 is 0.857 bits per heavy atom. The summed E-state index contributed by atoms with van der Waals surface area (Å²) in [5.41, 5.74) is 0.106. The zero-order chi connectivity index (χ0) is 25.3. The molecule has 0 aromatic heterocycles. The SMILES string of the molecule is COc1ccc(N2C(=O)C(=O)/C(=C(/O)c3ccc([N+](=O)[O-])cc3)C2c2ccc([N+](=O)[O-])cc2)cc1. The van der Waals surface area contributed by atoms with Crippen molar-refractivity contribution < 1.29 is 29.3 Å². The Kier molecular flexibility index (Phi) is 5.98. The molecular formula is C24H17N3O8. The largest absolute Gasteiger partial charge is 0.507 e. The molecule has 0 aliphatic carbocycles. The van der Waals surface area contributed by atoms with E-state index in [9.17, 15) is 34.9 Å². The lowest BCUT2D eigenvalue weighted by Gasteiger charge is -2.25. The lowest BCUT2D eigenvalue weighted by molar-refractivity contribution is -0.385. The van der Waals surface area contributed by atoms with E-state index in [0.29, 0.717) is 17.0 Å². The number of benzene rings is 3. The molecule has 3 aromatic carbocycles. The van der Waals surface area contributed by atoms with Gasteiger partial charge in [-0.3, -0.25) is 34.7 Å². The zero-order valence-corrected chi connectivity index (χ0v) is 18.2. The summed E-state index contributed by atoms with van der Waals surface area (Å²) in [6.45, 7) is 0. The van der Waals surface area contributed by atoms with E-state index in [0.717, 1.165) is 12.1 Å². The van der Waals surface area contributed by atoms with Crippen LogP contribution in [0.3, 0.4) is 0 Å². The second-order valence-electron chi connectivity index (χ2n) is 7.52. The van der Waals surface area contributed by atoms with E-state index < -0.39 is 33.3 Å². The highest BCUT2D eigenvalue weighted by Gasteiger charge is 2.47. The topological polar surface area (TPSA) is 153 Å². The van der Waals surface area contributed by atoms with Gasteiger partial charge < -0.3 is 9.84 Å². The summed E-state index contributed by atoms with van der Waals surface area (Å²) in [6, 6.07) is 15.3. The van der Waals surface area contributed by atoms with Crippen molar-refractivity contribution in [3.05, 3.63) is 110 Å². The minimum Gasteiger partial charge on any atom is -0.507 e. The third-order valence-electron chi connectivity index (χ3n) is 5.57. The number of nitro benzene ring substituents is 2. The number of carbonyl (C=O) groups is 2. The van der Waals surface area contributed by atoms with E-state index in [1.54, 1.807) is 24.3 Å². The average molecular weight is 475 g/mol. The predicted octanol–water partition coefficient (Wildman–Crippen LogP) is 4.14. The van der Waals surface area contributed by atoms with Crippen molar-refractivity contribution in [2.45, 2.75) is 6.04 Å². The van der Waals surface area contributed by atoms with Gasteiger partial charge in [0.1, 0.15) is 11.5 Å². The first-order valence-corrected chi connectivity index (χ1v) is 10.2. The standard InChI is InChI=1S/C24H17N3O8/c1-35-19-12-10-16(11-13-19)25-21(14-2-6-17(7-3-14)26(31)32)20(23(29)24(25)30)22(28)15-4-8-18(9-5-15)27(33)34/h2-13,21,28H,1H3/b22-20+. The van der Waals surface area contributed by atoms with Crippen molar-refractivity contribution in [1.29, 1.82) is 0 Å². The molecule has 0 spiro atoms. The lowest BCUT2D eigenvalue weighted by atomic mass is 9.95. The molecule has 176 valence electrons. The number of nitrogens with zero attached hydrogens (tertiary/aromatic N) is 3. The third kappa shape index (κ3) is 4.17. The third-order valence-corrected chi connectivity index (χ3v) is 5.57. The summed E-state index contributed by atoms with van der Waals surface area (Å²) in [6.07, 6.45) is 0. The van der Waals surface area contributed by atoms with E-state index in [2.05, 4.69) is 0 Å². The number of aliphatic hydroxyl groups excluding tert-OH is 1. The van der Waals surface area contributed by atoms with Crippen LogP contribution in [-0.4, -0.2) is 33.8 Å². The maximum Gasteiger partial charge on any atom is 0.300 e. The van der Waals surface area contributed by atoms with Crippen LogP contribution in [0.2, 0.25) is 0 Å². The number of nitro groups is 2. The minimum absolute atomic E-state index is 0.0928. The molecule has 11 nitrogen and oxygen atoms in total. The fourth-order valence-corrected chi connectivity index (χ4v) is 3.83. The number of methoxy groups -OCH3 is 1. The van der Waals surface area contributed by atoms with Crippen molar-refractivity contribution >= 4 is 34.5 Å². The van der Waals surface area contributed by atoms with Crippen LogP contribution in [0, 0.1) is 20.2 Å². The van der Waals surface area contributed by atoms with E-state index >= 15 is 0 Å². The summed E-state index contributed by atoms with van der Waals surface area (Å²) in [4.78, 5) is 48.3. The second kappa shape index (κ2) is 9.06. The number of non-ortho nitro benzene ring substituents is 2. The highest BCUT2D eigenvalue weighted by Crippen LogP contribution is 2.42. The van der Waals surface area contributed by atoms with Crippen molar-refractivity contribution in [2.24, 2.45) is 0 Å². The van der Waals surface area contributed by atoms with Gasteiger partial charge in [-0.25, -0.2) is 0 Å². The predicted molar refractivity (Wildman–Crippen MR) is 124 cm³/mol. The molecule has 1 atom stereocenters. The van der Waals surface area contributed by atoms with E-state index in [4.69, 9.17) is 4.74 Å². The molecule has 1 heterocycles. The molecular weight excluding hydrogens is 458 g/mol. The number of hydrogen-bond donors (Lipinski definition) is 1. The van der Waals surface area contributed by atoms with Gasteiger partial charge in [-0.15, -0.1) is 0 Å². The fourth-order valence-electron chi connectivity index (χ4n) is 3.83. The highest BCUT2D eigenvalue weighted by molar-refractivity contribution is 6.51. The molecule has 0 radical (unpaired) electrons. The highest BCUT2D eigenvalue weighted by atomic mass is 16.6. The Morgan fingerprint density at radius 3 is 1.86 bits per heavy atom. The molecule has 1 amide bonds. The van der Waals surface area contributed by atoms with Gasteiger partial charge in [0.15, 0.2) is 0 Å². The summed E-state index contributed by atoms with van der Waals surface area (Å²) < 4.78 is 5.14. The number of ether oxygens (including phenoxy) is 1. The molecule has 1 aliphatic heterocycles. The van der Waals surface area contributed by atoms with Crippen LogP contribution in [0.15, 0.2) is 78.4 Å². The number of aliphatic hydroxyl groups is 1. The molecule has 0 saturated carbocycles. The Labute approximate surface area is 197 Å². The summed E-state index contributed by atoms with van der Waals surface area (Å²) in [5.74, 6) is -1.90. The molecule has 1 saturated heterocycles. The summed E-state index contributed by atoms with van der Waals surface area (Å²) in [7, 11) is 1.47. The molecule has 1 unspecified atom stereocenters. The van der Waals surface area contributed by atoms with Crippen LogP contribution in [0.1, 0.15) is 17.2 Å². The van der Waals surface area contributed by atoms with Crippen molar-refractivity contribution in [3.8, 4) is 5.75 Å². The van der Waals surface area contributed by atoms with E-state index in [1.807, 2.05) is 0 Å². The smallest absolute Gasteiger partial charge is 0.300 e. The summed E-state index contributed by atoms with van der Waals surface area (Å²) >= 11 is 0. The second-order valence-corrected chi connectivity index (χ2v) is 7.52. The molecule has 1 aliphatic rings. The van der Waals surface area contributed by atoms with Crippen LogP contribution >= 0.6 is 0 Å². The summed E-state index contributed by atoms with van der Waals surface area (Å²) in [5, 5.41) is 33.1. The number of amides is 1. The van der Waals surface area contributed by atoms with Crippen LogP contribution < -0.4 is 9.64 Å². The number of rotatable bonds is 6. The normalized spacial score (nSPS) is 16.8. The van der Waals surface area contributed by atoms with E-state index in [-0.39, 0.29) is 22.5 Å². The number of ketones is 1. The Bertz CT molecular complexity index is 1360. The van der Waals surface area contributed by atoms with Gasteiger partial charge in [0.05, 0.1) is 28.6 Å². The van der Waals surface area contributed by atoms with Gasteiger partial charge in [0, 0.05) is 35.5 Å². The average Bonchev–Trinajstić information content (AvgIpc) is 3.14. The van der Waals surface area contributed by atoms with Gasteiger partial charge in [0.25, 0.3) is 23.1 Å². The Morgan fingerprint density at radius 2 is 1.37 bits per heavy atom. The maximum absolute atomic E-state index is 13.1. The van der Waals surface area contributed by atoms with Gasteiger partial charge >= 0.3 is 0 Å². The van der Waals surface area contributed by atoms with Crippen LogP contribution in [-0.2, 0) is 9.59 Å². The molecule has 3 aromatic rings. The van der Waals surface area contributed by atoms with Gasteiger partial charge in [-0.2, -0.15) is 0 Å². The van der Waals surface area contributed by atoms with Crippen LogP contribution in [0.4, 0.5) is 17.1 Å². The first kappa shape index (κ1) is 23.1. The molecule has 11 heteroatoms. The maximum atomic E-state index is 13.1. The molecule has 35 heavy (non-hydrogen) atoms. The lowest BCUT2D eigenvalue weighted by Crippen LogP contribution is -2.29. The zero-order valence-electron chi connectivity index (χ0n) is 18.2. The van der Waals surface area contributed by atoms with Gasteiger partial charge in [-0.1, -0.05) is 0 Å². The first-order valence-electron chi connectivity index (χ1n) is 10.2. The number of Topliss-reactive ketones (excluding diaryl/α,β-unsaturated/α-hetero) is 1. The van der Waals surface area contributed by atoms with Crippen molar-refractivity contribution in [2.75, 3.05) is 12.0 Å². The number of carbonyl (C=O) groups excluding carboxylic acids is 2. The van der Waals surface area contributed by atoms with Gasteiger partial charge in [-0.05, 0) is 54.1 Å². The van der Waals surface area contributed by atoms with Crippen LogP contribution in [0.25, 0.3) is 5.76 Å². The van der Waals surface area contributed by atoms with Crippen molar-refractivity contribution in [1.82, 2.24) is 0 Å². The number of anilines is 1. The monoisotopic (exact) mass is 475 g/mol. The van der Waals surface area contributed by atoms with Crippen LogP contribution in [0.5, 0.6) is 5.75 Å².